The van der Waals surface area contributed by atoms with E-state index in [4.69, 9.17) is 15.3 Å². The molecule has 0 aliphatic rings. The maximum atomic E-state index is 11.2. The van der Waals surface area contributed by atoms with E-state index in [0.29, 0.717) is 6.42 Å². The number of allylic oxidation sites excluding steroid dienone is 1. The van der Waals surface area contributed by atoms with Crippen LogP contribution in [0.25, 0.3) is 0 Å². The molecular weight excluding hydrogens is 434 g/mol. The number of aliphatic carboxylic acids is 3. The van der Waals surface area contributed by atoms with Gasteiger partial charge in [0, 0.05) is 0 Å². The molecule has 0 aliphatic heterocycles. The van der Waals surface area contributed by atoms with Crippen LogP contribution in [0.3, 0.4) is 0 Å². The molecule has 0 saturated heterocycles. The monoisotopic (exact) mass is 484 g/mol. The van der Waals surface area contributed by atoms with Crippen molar-refractivity contribution >= 4 is 17.9 Å². The van der Waals surface area contributed by atoms with Gasteiger partial charge in [-0.05, 0) is 25.7 Å². The lowest BCUT2D eigenvalue weighted by atomic mass is 10.0. The average molecular weight is 485 g/mol. The predicted octanol–water partition coefficient (Wildman–Crippen LogP) is 6.26. The van der Waals surface area contributed by atoms with Crippen LogP contribution in [0.1, 0.15) is 116 Å². The number of hydrogen-bond acceptors (Lipinski definition) is 3. The minimum absolute atomic E-state index is 0.264. The maximum Gasteiger partial charge on any atom is 0.359 e. The Morgan fingerprint density at radius 2 is 0.765 bits per heavy atom. The Bertz CT molecular complexity index is 523. The molecule has 0 spiro atoms. The third-order valence-corrected chi connectivity index (χ3v) is 6.45. The lowest BCUT2D eigenvalue weighted by molar-refractivity contribution is -0.907. The van der Waals surface area contributed by atoms with Gasteiger partial charge >= 0.3 is 17.9 Å². The molecule has 0 radical (unpaired) electrons. The van der Waals surface area contributed by atoms with Gasteiger partial charge in [-0.15, -0.1) is 6.58 Å². The number of quaternary nitrogens is 1. The molecule has 7 nitrogen and oxygen atoms in total. The van der Waals surface area contributed by atoms with E-state index in [9.17, 15) is 14.4 Å². The number of carboxylic acids is 3. The molecule has 0 aromatic heterocycles. The highest BCUT2D eigenvalue weighted by atomic mass is 16.4. The molecule has 3 N–H and O–H groups in total. The normalized spacial score (nSPS) is 11.4. The summed E-state index contributed by atoms with van der Waals surface area (Å²) in [6.07, 6.45) is 23.9. The lowest BCUT2D eigenvalue weighted by Crippen LogP contribution is -2.57. The topological polar surface area (TPSA) is 112 Å². The Balaban J connectivity index is 3.70. The Hall–Kier alpha value is -1.89. The summed E-state index contributed by atoms with van der Waals surface area (Å²) in [7, 11) is 0. The van der Waals surface area contributed by atoms with E-state index in [0.717, 1.165) is 25.7 Å². The summed E-state index contributed by atoms with van der Waals surface area (Å²) < 4.78 is -0.435. The first-order chi connectivity index (χ1) is 16.3. The molecular formula is C27H50NO6+. The highest BCUT2D eigenvalue weighted by Crippen LogP contribution is 2.16. The van der Waals surface area contributed by atoms with Gasteiger partial charge in [0.2, 0.25) is 0 Å². The number of rotatable bonds is 26. The van der Waals surface area contributed by atoms with Crippen molar-refractivity contribution in [3.8, 4) is 0 Å². The van der Waals surface area contributed by atoms with Crippen LogP contribution in [0.2, 0.25) is 0 Å². The zero-order valence-corrected chi connectivity index (χ0v) is 21.4. The first-order valence-corrected chi connectivity index (χ1v) is 13.4. The molecule has 7 heteroatoms. The van der Waals surface area contributed by atoms with E-state index in [2.05, 4.69) is 6.58 Å². The van der Waals surface area contributed by atoms with Crippen LogP contribution in [0.4, 0.5) is 0 Å². The smallest absolute Gasteiger partial charge is 0.359 e. The van der Waals surface area contributed by atoms with Crippen LogP contribution >= 0.6 is 0 Å². The number of unbranched alkanes of at least 4 members (excludes halogenated alkanes) is 17. The Kier molecular flexibility index (Phi) is 20.4. The zero-order valence-electron chi connectivity index (χ0n) is 21.4. The Labute approximate surface area is 206 Å². The molecule has 0 heterocycles. The van der Waals surface area contributed by atoms with Crippen molar-refractivity contribution < 1.29 is 34.2 Å². The summed E-state index contributed by atoms with van der Waals surface area (Å²) >= 11 is 0. The third-order valence-electron chi connectivity index (χ3n) is 6.45. The first kappa shape index (κ1) is 32.1. The second-order valence-electron chi connectivity index (χ2n) is 9.81. The first-order valence-electron chi connectivity index (χ1n) is 13.4. The molecule has 0 saturated carbocycles. The van der Waals surface area contributed by atoms with Crippen LogP contribution in [0, 0.1) is 0 Å². The van der Waals surface area contributed by atoms with Gasteiger partial charge in [-0.2, -0.15) is 0 Å². The molecule has 0 amide bonds. The quantitative estimate of drug-likeness (QED) is 0.0758. The highest BCUT2D eigenvalue weighted by molar-refractivity contribution is 5.73. The molecule has 0 aromatic rings. The molecule has 0 rings (SSSR count). The number of hydrogen-bond donors (Lipinski definition) is 3. The molecule has 0 bridgehead atoms. The number of carboxylic acid groups (broad SMARTS) is 3. The largest absolute Gasteiger partial charge is 0.477 e. The van der Waals surface area contributed by atoms with Crippen LogP contribution in [-0.2, 0) is 14.4 Å². The van der Waals surface area contributed by atoms with Gasteiger partial charge in [0.05, 0.1) is 6.54 Å². The molecule has 0 aliphatic carbocycles. The van der Waals surface area contributed by atoms with E-state index in [1.54, 1.807) is 0 Å². The maximum absolute atomic E-state index is 11.2. The fourth-order valence-corrected chi connectivity index (χ4v) is 4.65. The molecule has 0 aromatic carbocycles. The van der Waals surface area contributed by atoms with Gasteiger partial charge in [0.1, 0.15) is 0 Å². The Morgan fingerprint density at radius 3 is 1.03 bits per heavy atom. The molecule has 0 fully saturated rings. The van der Waals surface area contributed by atoms with Crippen molar-refractivity contribution in [2.24, 2.45) is 0 Å². The van der Waals surface area contributed by atoms with Gasteiger partial charge < -0.3 is 15.3 Å². The summed E-state index contributed by atoms with van der Waals surface area (Å²) in [5.74, 6) is -3.51. The summed E-state index contributed by atoms with van der Waals surface area (Å²) in [6.45, 7) is 2.59. The SMILES string of the molecule is C=CCCCCCCCCCCCCCCCCCCC[N+](CC(=O)O)(CC(=O)O)CC(=O)O. The third kappa shape index (κ3) is 20.7. The van der Waals surface area contributed by atoms with Crippen molar-refractivity contribution in [3.05, 3.63) is 12.7 Å². The van der Waals surface area contributed by atoms with Crippen molar-refractivity contribution in [1.29, 1.82) is 0 Å². The van der Waals surface area contributed by atoms with Crippen LogP contribution in [-0.4, -0.2) is 63.9 Å². The molecule has 34 heavy (non-hydrogen) atoms. The fourth-order valence-electron chi connectivity index (χ4n) is 4.65. The lowest BCUT2D eigenvalue weighted by Gasteiger charge is -2.34. The summed E-state index contributed by atoms with van der Waals surface area (Å²) in [5.41, 5.74) is 0. The molecule has 0 unspecified atom stereocenters. The fraction of sp³-hybridized carbons (Fsp3) is 0.815. The van der Waals surface area contributed by atoms with Crippen LogP contribution < -0.4 is 0 Å². The van der Waals surface area contributed by atoms with E-state index in [1.165, 1.54) is 83.5 Å². The summed E-state index contributed by atoms with van der Waals surface area (Å²) in [4.78, 5) is 33.5. The van der Waals surface area contributed by atoms with Gasteiger partial charge in [-0.1, -0.05) is 96.0 Å². The zero-order chi connectivity index (χ0) is 25.5. The van der Waals surface area contributed by atoms with Crippen molar-refractivity contribution in [2.45, 2.75) is 116 Å². The van der Waals surface area contributed by atoms with E-state index in [1.807, 2.05) is 6.08 Å². The van der Waals surface area contributed by atoms with Crippen LogP contribution in [0.15, 0.2) is 12.7 Å². The minimum atomic E-state index is -1.17. The highest BCUT2D eigenvalue weighted by Gasteiger charge is 2.35. The molecule has 198 valence electrons. The second-order valence-corrected chi connectivity index (χ2v) is 9.81. The van der Waals surface area contributed by atoms with Crippen molar-refractivity contribution in [1.82, 2.24) is 0 Å². The van der Waals surface area contributed by atoms with Crippen LogP contribution in [0.5, 0.6) is 0 Å². The van der Waals surface area contributed by atoms with Crippen molar-refractivity contribution in [3.63, 3.8) is 0 Å². The summed E-state index contributed by atoms with van der Waals surface area (Å²) in [6, 6.07) is 0. The van der Waals surface area contributed by atoms with E-state index < -0.39 is 42.0 Å². The van der Waals surface area contributed by atoms with E-state index in [-0.39, 0.29) is 6.54 Å². The minimum Gasteiger partial charge on any atom is -0.477 e. The molecule has 0 atom stereocenters. The average Bonchev–Trinajstić information content (AvgIpc) is 2.73. The van der Waals surface area contributed by atoms with Gasteiger partial charge in [-0.3, -0.25) is 4.48 Å². The number of nitrogens with zero attached hydrogens (tertiary/aromatic N) is 1. The summed E-state index contributed by atoms with van der Waals surface area (Å²) in [5, 5.41) is 27.4. The number of carbonyl (C=O) groups is 3. The standard InChI is InChI=1S/C27H49NO6/c1-2-3-4-5-6-7-8-9-10-11-12-13-14-15-16-17-18-19-20-21-28(22-25(29)30,23-26(31)32)24-27(33)34/h2H,1,3-24H2,(H2-,29,30,31,32,33,34)/p+1. The second kappa shape index (κ2) is 21.6. The Morgan fingerprint density at radius 1 is 0.500 bits per heavy atom. The van der Waals surface area contributed by atoms with Gasteiger partial charge in [-0.25, -0.2) is 14.4 Å². The predicted molar refractivity (Wildman–Crippen MR) is 136 cm³/mol. The van der Waals surface area contributed by atoms with E-state index >= 15 is 0 Å². The van der Waals surface area contributed by atoms with Crippen molar-refractivity contribution in [2.75, 3.05) is 26.2 Å². The van der Waals surface area contributed by atoms with Gasteiger partial charge in [0.15, 0.2) is 19.6 Å². The van der Waals surface area contributed by atoms with Gasteiger partial charge in [0.25, 0.3) is 0 Å².